The number of hydrogen-bond donors (Lipinski definition) is 2. The van der Waals surface area contributed by atoms with Gasteiger partial charge in [-0.25, -0.2) is 13.1 Å². The van der Waals surface area contributed by atoms with E-state index in [1.807, 2.05) is 18.2 Å². The van der Waals surface area contributed by atoms with Crippen LogP contribution in [0, 0.1) is 11.8 Å². The molecule has 0 radical (unpaired) electrons. The SMILES string of the molecule is C[C@@H]1CC/C=C\[C@@H](O)[C@@H]2CC[C@H]2CN2C[C@@]3(CCCc4cc(Cl)ccc43)COc3ccc(cc32)C(=O)NS1(=O)=O. The molecule has 7 nitrogen and oxygen atoms in total. The Bertz CT molecular complexity index is 1440. The van der Waals surface area contributed by atoms with Crippen molar-refractivity contribution in [2.24, 2.45) is 11.8 Å². The fourth-order valence-electron chi connectivity index (χ4n) is 6.96. The Labute approximate surface area is 241 Å². The first kappa shape index (κ1) is 27.6. The topological polar surface area (TPSA) is 95.9 Å². The molecule has 4 aliphatic rings. The van der Waals surface area contributed by atoms with E-state index < -0.39 is 27.3 Å². The average molecular weight is 585 g/mol. The first-order chi connectivity index (χ1) is 19.1. The van der Waals surface area contributed by atoms with E-state index in [0.29, 0.717) is 37.7 Å². The number of aryl methyl sites for hydroxylation is 1. The summed E-state index contributed by atoms with van der Waals surface area (Å²) >= 11 is 6.37. The fraction of sp³-hybridized carbons (Fsp3) is 0.516. The van der Waals surface area contributed by atoms with Crippen LogP contribution in [0.25, 0.3) is 0 Å². The monoisotopic (exact) mass is 584 g/mol. The molecular weight excluding hydrogens is 548 g/mol. The number of amides is 1. The van der Waals surface area contributed by atoms with Crippen molar-refractivity contribution in [3.8, 4) is 5.75 Å². The Morgan fingerprint density at radius 1 is 1.15 bits per heavy atom. The lowest BCUT2D eigenvalue weighted by Crippen LogP contribution is -2.49. The number of benzene rings is 2. The highest BCUT2D eigenvalue weighted by Crippen LogP contribution is 2.46. The molecule has 2 bridgehead atoms. The van der Waals surface area contributed by atoms with Crippen LogP contribution in [0.5, 0.6) is 5.75 Å². The molecule has 1 saturated carbocycles. The average Bonchev–Trinajstić information content (AvgIpc) is 3.05. The number of ether oxygens (including phenoxy) is 1. The summed E-state index contributed by atoms with van der Waals surface area (Å²) < 4.78 is 34.6. The Kier molecular flexibility index (Phi) is 7.38. The zero-order valence-electron chi connectivity index (χ0n) is 22.8. The Morgan fingerprint density at radius 3 is 2.80 bits per heavy atom. The maximum absolute atomic E-state index is 13.2. The van der Waals surface area contributed by atoms with E-state index >= 15 is 0 Å². The Hall–Kier alpha value is -2.55. The van der Waals surface area contributed by atoms with E-state index in [4.69, 9.17) is 16.3 Å². The summed E-state index contributed by atoms with van der Waals surface area (Å²) in [6.45, 7) is 3.52. The molecule has 0 unspecified atom stereocenters. The molecule has 0 aromatic heterocycles. The number of aliphatic hydroxyl groups excluding tert-OH is 1. The fourth-order valence-corrected chi connectivity index (χ4v) is 8.18. The van der Waals surface area contributed by atoms with Gasteiger partial charge in [-0.1, -0.05) is 29.8 Å². The molecule has 40 heavy (non-hydrogen) atoms. The van der Waals surface area contributed by atoms with Crippen molar-refractivity contribution in [3.63, 3.8) is 0 Å². The van der Waals surface area contributed by atoms with Crippen LogP contribution >= 0.6 is 11.6 Å². The third kappa shape index (κ3) is 5.14. The third-order valence-electron chi connectivity index (χ3n) is 9.51. The van der Waals surface area contributed by atoms with Gasteiger partial charge in [0.05, 0.1) is 23.6 Å². The van der Waals surface area contributed by atoms with Gasteiger partial charge in [0.2, 0.25) is 10.0 Å². The first-order valence-electron chi connectivity index (χ1n) is 14.4. The Balaban J connectivity index is 1.42. The van der Waals surface area contributed by atoms with Crippen molar-refractivity contribution >= 4 is 33.2 Å². The minimum Gasteiger partial charge on any atom is -0.490 e. The lowest BCUT2D eigenvalue weighted by Gasteiger charge is -2.45. The van der Waals surface area contributed by atoms with Crippen molar-refractivity contribution in [2.75, 3.05) is 24.6 Å². The summed E-state index contributed by atoms with van der Waals surface area (Å²) in [4.78, 5) is 15.5. The summed E-state index contributed by atoms with van der Waals surface area (Å²) in [5, 5.41) is 11.0. The summed E-state index contributed by atoms with van der Waals surface area (Å²) in [5.74, 6) is 0.479. The number of carbonyl (C=O) groups is 1. The van der Waals surface area contributed by atoms with Crippen molar-refractivity contribution in [1.82, 2.24) is 4.72 Å². The molecule has 2 aromatic rings. The molecule has 1 spiro atoms. The van der Waals surface area contributed by atoms with Gasteiger partial charge < -0.3 is 14.7 Å². The summed E-state index contributed by atoms with van der Waals surface area (Å²) in [6.07, 6.45) is 8.95. The highest BCUT2D eigenvalue weighted by molar-refractivity contribution is 7.90. The van der Waals surface area contributed by atoms with Gasteiger partial charge in [-0.2, -0.15) is 0 Å². The summed E-state index contributed by atoms with van der Waals surface area (Å²) in [7, 11) is -3.86. The van der Waals surface area contributed by atoms with Crippen LogP contribution in [0.2, 0.25) is 5.02 Å². The van der Waals surface area contributed by atoms with Crippen LogP contribution in [0.1, 0.15) is 66.9 Å². The maximum atomic E-state index is 13.2. The van der Waals surface area contributed by atoms with E-state index in [0.717, 1.165) is 49.4 Å². The molecule has 214 valence electrons. The second-order valence-electron chi connectivity index (χ2n) is 12.1. The summed E-state index contributed by atoms with van der Waals surface area (Å²) in [6, 6.07) is 11.4. The van der Waals surface area contributed by atoms with Crippen LogP contribution in [-0.4, -0.2) is 50.5 Å². The molecule has 5 atom stereocenters. The molecule has 9 heteroatoms. The molecule has 2 aromatic carbocycles. The number of allylic oxidation sites excluding steroid dienone is 1. The van der Waals surface area contributed by atoms with Gasteiger partial charge in [-0.15, -0.1) is 0 Å². The van der Waals surface area contributed by atoms with E-state index in [9.17, 15) is 18.3 Å². The molecule has 2 aliphatic heterocycles. The molecule has 0 saturated heterocycles. The summed E-state index contributed by atoms with van der Waals surface area (Å²) in [5.41, 5.74) is 3.33. The van der Waals surface area contributed by atoms with Gasteiger partial charge in [0.25, 0.3) is 5.91 Å². The van der Waals surface area contributed by atoms with E-state index in [-0.39, 0.29) is 16.9 Å². The predicted molar refractivity (Wildman–Crippen MR) is 157 cm³/mol. The molecule has 1 fully saturated rings. The van der Waals surface area contributed by atoms with Gasteiger partial charge in [0.1, 0.15) is 5.75 Å². The number of nitrogens with one attached hydrogen (secondary N) is 1. The second kappa shape index (κ2) is 10.7. The maximum Gasteiger partial charge on any atom is 0.264 e. The van der Waals surface area contributed by atoms with Crippen LogP contribution in [-0.2, 0) is 21.9 Å². The number of fused-ring (bicyclic) bond motifs is 4. The number of aliphatic hydroxyl groups is 1. The van der Waals surface area contributed by atoms with Gasteiger partial charge in [-0.3, -0.25) is 4.79 Å². The van der Waals surface area contributed by atoms with Crippen LogP contribution in [0.3, 0.4) is 0 Å². The predicted octanol–water partition coefficient (Wildman–Crippen LogP) is 5.00. The Morgan fingerprint density at radius 2 is 2.00 bits per heavy atom. The standard InChI is InChI=1S/C31H37ClN2O5S/c1-20-5-2-3-7-28(35)25-11-8-23(25)17-34-18-31(14-4-6-21-15-24(32)10-12-26(21)31)19-39-29-13-9-22(16-27(29)34)30(36)33-40(20,37)38/h3,7,9-10,12-13,15-16,20,23,25,28,35H,2,4-6,8,11,14,17-19H2,1H3,(H,33,36)/b7-3-/t20-,23+,25-,28-,31+/m1/s1. The zero-order chi connectivity index (χ0) is 28.1. The van der Waals surface area contributed by atoms with Crippen LogP contribution in [0.15, 0.2) is 48.6 Å². The largest absolute Gasteiger partial charge is 0.490 e. The number of anilines is 1. The number of nitrogens with zero attached hydrogens (tertiary/aromatic N) is 1. The van der Waals surface area contributed by atoms with Crippen molar-refractivity contribution in [2.45, 2.75) is 68.6 Å². The number of sulfonamides is 1. The zero-order valence-corrected chi connectivity index (χ0v) is 24.4. The van der Waals surface area contributed by atoms with Crippen molar-refractivity contribution in [1.29, 1.82) is 0 Å². The minimum absolute atomic E-state index is 0.137. The van der Waals surface area contributed by atoms with Crippen LogP contribution in [0.4, 0.5) is 5.69 Å². The number of carbonyl (C=O) groups excluding carboxylic acids is 1. The smallest absolute Gasteiger partial charge is 0.264 e. The van der Waals surface area contributed by atoms with E-state index in [1.165, 1.54) is 11.1 Å². The third-order valence-corrected chi connectivity index (χ3v) is 11.5. The van der Waals surface area contributed by atoms with Crippen molar-refractivity contribution in [3.05, 3.63) is 70.3 Å². The van der Waals surface area contributed by atoms with Gasteiger partial charge in [-0.05, 0) is 105 Å². The number of hydrogen-bond acceptors (Lipinski definition) is 6. The molecule has 2 N–H and O–H groups in total. The molecule has 2 aliphatic carbocycles. The van der Waals surface area contributed by atoms with Gasteiger partial charge >= 0.3 is 0 Å². The highest BCUT2D eigenvalue weighted by atomic mass is 35.5. The van der Waals surface area contributed by atoms with E-state index in [2.05, 4.69) is 21.8 Å². The van der Waals surface area contributed by atoms with Crippen molar-refractivity contribution < 1.29 is 23.1 Å². The molecular formula is C31H37ClN2O5S. The van der Waals surface area contributed by atoms with Crippen LogP contribution < -0.4 is 14.4 Å². The van der Waals surface area contributed by atoms with E-state index in [1.54, 1.807) is 25.1 Å². The molecule has 2 heterocycles. The number of halogens is 1. The highest BCUT2D eigenvalue weighted by Gasteiger charge is 2.44. The lowest BCUT2D eigenvalue weighted by atomic mass is 9.68. The lowest BCUT2D eigenvalue weighted by molar-refractivity contribution is 0.0456. The first-order valence-corrected chi connectivity index (χ1v) is 16.3. The normalized spacial score (nSPS) is 32.5. The molecule has 6 rings (SSSR count). The quantitative estimate of drug-likeness (QED) is 0.423. The number of rotatable bonds is 0. The van der Waals surface area contributed by atoms with Gasteiger partial charge in [0, 0.05) is 29.1 Å². The molecule has 1 amide bonds. The minimum atomic E-state index is -3.86. The second-order valence-corrected chi connectivity index (χ2v) is 14.6. The van der Waals surface area contributed by atoms with Gasteiger partial charge in [0.15, 0.2) is 0 Å².